The first kappa shape index (κ1) is 13.4. The summed E-state index contributed by atoms with van der Waals surface area (Å²) >= 11 is 0. The maximum Gasteiger partial charge on any atom is 0.162 e. The highest BCUT2D eigenvalue weighted by molar-refractivity contribution is 5.27. The fraction of sp³-hybridized carbons (Fsp3) is 0.143. The van der Waals surface area contributed by atoms with Crippen molar-refractivity contribution in [2.24, 2.45) is 5.73 Å². The number of hydrogen-bond acceptors (Lipinski definition) is 2. The minimum Gasteiger partial charge on any atom is -0.489 e. The van der Waals surface area contributed by atoms with E-state index in [0.717, 1.165) is 17.7 Å². The molecule has 2 nitrogen and oxygen atoms in total. The molecule has 5 heteroatoms. The number of halogens is 3. The summed E-state index contributed by atoms with van der Waals surface area (Å²) < 4.78 is 44.4. The maximum absolute atomic E-state index is 13.5. The van der Waals surface area contributed by atoms with E-state index >= 15 is 0 Å². The molecule has 0 saturated carbocycles. The van der Waals surface area contributed by atoms with Gasteiger partial charge in [0.25, 0.3) is 0 Å². The molecule has 0 spiro atoms. The lowest BCUT2D eigenvalue weighted by molar-refractivity contribution is 0.297. The average Bonchev–Trinajstić information content (AvgIpc) is 2.41. The van der Waals surface area contributed by atoms with Gasteiger partial charge in [0.2, 0.25) is 0 Å². The van der Waals surface area contributed by atoms with Gasteiger partial charge in [-0.15, -0.1) is 0 Å². The highest BCUT2D eigenvalue weighted by atomic mass is 19.2. The first-order valence-corrected chi connectivity index (χ1v) is 5.65. The third-order valence-electron chi connectivity index (χ3n) is 2.63. The molecule has 0 fully saturated rings. The van der Waals surface area contributed by atoms with Crippen LogP contribution in [0.5, 0.6) is 5.75 Å². The van der Waals surface area contributed by atoms with E-state index in [2.05, 4.69) is 0 Å². The molecule has 0 atom stereocenters. The van der Waals surface area contributed by atoms with Crippen molar-refractivity contribution in [2.75, 3.05) is 0 Å². The monoisotopic (exact) mass is 267 g/mol. The zero-order chi connectivity index (χ0) is 13.8. The Labute approximate surface area is 108 Å². The van der Waals surface area contributed by atoms with Crippen molar-refractivity contribution < 1.29 is 17.9 Å². The minimum absolute atomic E-state index is 0.0786. The molecular weight excluding hydrogens is 255 g/mol. The fourth-order valence-electron chi connectivity index (χ4n) is 1.59. The van der Waals surface area contributed by atoms with Crippen LogP contribution in [0.25, 0.3) is 0 Å². The number of benzene rings is 2. The van der Waals surface area contributed by atoms with Gasteiger partial charge in [0, 0.05) is 18.2 Å². The van der Waals surface area contributed by atoms with Crippen LogP contribution in [0.1, 0.15) is 11.1 Å². The zero-order valence-electron chi connectivity index (χ0n) is 10.00. The Morgan fingerprint density at radius 3 is 2.32 bits per heavy atom. The SMILES string of the molecule is NCc1ccc(F)c(COc2ccc(F)c(F)c2)c1. The Balaban J connectivity index is 2.11. The van der Waals surface area contributed by atoms with Crippen LogP contribution in [0.4, 0.5) is 13.2 Å². The molecule has 2 rings (SSSR count). The van der Waals surface area contributed by atoms with Crippen LogP contribution in [0, 0.1) is 17.5 Å². The third-order valence-corrected chi connectivity index (χ3v) is 2.63. The molecule has 100 valence electrons. The summed E-state index contributed by atoms with van der Waals surface area (Å²) in [6.45, 7) is 0.212. The largest absolute Gasteiger partial charge is 0.489 e. The number of rotatable bonds is 4. The molecule has 0 radical (unpaired) electrons. The van der Waals surface area contributed by atoms with Crippen LogP contribution in [-0.2, 0) is 13.2 Å². The van der Waals surface area contributed by atoms with E-state index in [1.54, 1.807) is 12.1 Å². The predicted molar refractivity (Wildman–Crippen MR) is 65.0 cm³/mol. The molecule has 0 saturated heterocycles. The molecule has 0 aliphatic rings. The van der Waals surface area contributed by atoms with E-state index in [1.165, 1.54) is 12.1 Å². The van der Waals surface area contributed by atoms with Gasteiger partial charge in [-0.3, -0.25) is 0 Å². The standard InChI is InChI=1S/C14H12F3NO/c15-12-3-1-9(7-18)5-10(12)8-19-11-2-4-13(16)14(17)6-11/h1-6H,7-8,18H2. The molecule has 0 aliphatic carbocycles. The molecule has 0 aliphatic heterocycles. The summed E-state index contributed by atoms with van der Waals surface area (Å²) in [7, 11) is 0. The van der Waals surface area contributed by atoms with Crippen molar-refractivity contribution in [3.8, 4) is 5.75 Å². The highest BCUT2D eigenvalue weighted by Crippen LogP contribution is 2.18. The number of nitrogens with two attached hydrogens (primary N) is 1. The Kier molecular flexibility index (Phi) is 4.06. The van der Waals surface area contributed by atoms with Gasteiger partial charge in [0.05, 0.1) is 0 Å². The second-order valence-corrected chi connectivity index (χ2v) is 3.99. The minimum atomic E-state index is -1.01. The molecule has 2 aromatic carbocycles. The van der Waals surface area contributed by atoms with Crippen molar-refractivity contribution in [1.82, 2.24) is 0 Å². The lowest BCUT2D eigenvalue weighted by Gasteiger charge is -2.08. The predicted octanol–water partition coefficient (Wildman–Crippen LogP) is 3.14. The first-order chi connectivity index (χ1) is 9.10. The molecule has 0 amide bonds. The fourth-order valence-corrected chi connectivity index (χ4v) is 1.59. The van der Waals surface area contributed by atoms with E-state index in [0.29, 0.717) is 12.1 Å². The summed E-state index contributed by atoms with van der Waals surface area (Å²) in [6.07, 6.45) is 0. The van der Waals surface area contributed by atoms with Crippen LogP contribution in [-0.4, -0.2) is 0 Å². The zero-order valence-corrected chi connectivity index (χ0v) is 10.00. The molecule has 0 aromatic heterocycles. The first-order valence-electron chi connectivity index (χ1n) is 5.65. The van der Waals surface area contributed by atoms with E-state index in [-0.39, 0.29) is 12.4 Å². The lowest BCUT2D eigenvalue weighted by atomic mass is 10.1. The summed E-state index contributed by atoms with van der Waals surface area (Å²) in [5.41, 5.74) is 6.54. The van der Waals surface area contributed by atoms with Crippen molar-refractivity contribution >= 4 is 0 Å². The lowest BCUT2D eigenvalue weighted by Crippen LogP contribution is -2.03. The molecule has 2 aromatic rings. The molecular formula is C14H12F3NO. The van der Waals surface area contributed by atoms with E-state index in [1.807, 2.05) is 0 Å². The van der Waals surface area contributed by atoms with Crippen molar-refractivity contribution in [1.29, 1.82) is 0 Å². The number of hydrogen-bond donors (Lipinski definition) is 1. The summed E-state index contributed by atoms with van der Waals surface area (Å²) in [4.78, 5) is 0. The Morgan fingerprint density at radius 2 is 1.63 bits per heavy atom. The molecule has 0 unspecified atom stereocenters. The topological polar surface area (TPSA) is 35.2 Å². The van der Waals surface area contributed by atoms with Crippen LogP contribution in [0.15, 0.2) is 36.4 Å². The average molecular weight is 267 g/mol. The summed E-state index contributed by atoms with van der Waals surface area (Å²) in [5, 5.41) is 0. The quantitative estimate of drug-likeness (QED) is 0.923. The molecule has 2 N–H and O–H groups in total. The van der Waals surface area contributed by atoms with Crippen LogP contribution < -0.4 is 10.5 Å². The van der Waals surface area contributed by atoms with Gasteiger partial charge in [0.1, 0.15) is 18.2 Å². The van der Waals surface area contributed by atoms with Crippen LogP contribution >= 0.6 is 0 Å². The Morgan fingerprint density at radius 1 is 0.895 bits per heavy atom. The van der Waals surface area contributed by atoms with E-state index in [9.17, 15) is 13.2 Å². The molecule has 0 heterocycles. The smallest absolute Gasteiger partial charge is 0.162 e. The Hall–Kier alpha value is -2.01. The maximum atomic E-state index is 13.5. The van der Waals surface area contributed by atoms with Gasteiger partial charge in [-0.1, -0.05) is 6.07 Å². The van der Waals surface area contributed by atoms with Gasteiger partial charge in [-0.2, -0.15) is 0 Å². The third kappa shape index (κ3) is 3.26. The normalized spacial score (nSPS) is 10.5. The second kappa shape index (κ2) is 5.75. The van der Waals surface area contributed by atoms with Gasteiger partial charge < -0.3 is 10.5 Å². The van der Waals surface area contributed by atoms with E-state index in [4.69, 9.17) is 10.5 Å². The van der Waals surface area contributed by atoms with Crippen LogP contribution in [0.3, 0.4) is 0 Å². The van der Waals surface area contributed by atoms with Crippen molar-refractivity contribution in [3.05, 3.63) is 65.0 Å². The van der Waals surface area contributed by atoms with Gasteiger partial charge >= 0.3 is 0 Å². The number of ether oxygens (including phenoxy) is 1. The molecule has 19 heavy (non-hydrogen) atoms. The van der Waals surface area contributed by atoms with Gasteiger partial charge in [-0.25, -0.2) is 13.2 Å². The van der Waals surface area contributed by atoms with E-state index < -0.39 is 17.5 Å². The highest BCUT2D eigenvalue weighted by Gasteiger charge is 2.06. The van der Waals surface area contributed by atoms with Crippen molar-refractivity contribution in [2.45, 2.75) is 13.2 Å². The second-order valence-electron chi connectivity index (χ2n) is 3.99. The molecule has 0 bridgehead atoms. The summed E-state index contributed by atoms with van der Waals surface area (Å²) in [5.74, 6) is -2.26. The Bertz CT molecular complexity index is 587. The van der Waals surface area contributed by atoms with Crippen molar-refractivity contribution in [3.63, 3.8) is 0 Å². The summed E-state index contributed by atoms with van der Waals surface area (Å²) in [6, 6.07) is 7.61. The van der Waals surface area contributed by atoms with Crippen LogP contribution in [0.2, 0.25) is 0 Å². The van der Waals surface area contributed by atoms with Gasteiger partial charge in [0.15, 0.2) is 11.6 Å². The van der Waals surface area contributed by atoms with Gasteiger partial charge in [-0.05, 0) is 29.8 Å².